The SMILES string of the molecule is Cc1cc(=O)[nH]c(SC(C)C(=O)NCc2cc(C3CC3)on2)n1. The minimum Gasteiger partial charge on any atom is -0.361 e. The fourth-order valence-electron chi connectivity index (χ4n) is 2.12. The molecule has 0 aromatic carbocycles. The smallest absolute Gasteiger partial charge is 0.251 e. The van der Waals surface area contributed by atoms with Gasteiger partial charge in [0.2, 0.25) is 5.91 Å². The molecular formula is C15H18N4O3S. The summed E-state index contributed by atoms with van der Waals surface area (Å²) < 4.78 is 5.25. The molecular weight excluding hydrogens is 316 g/mol. The van der Waals surface area contributed by atoms with Gasteiger partial charge in [-0.2, -0.15) is 0 Å². The molecule has 1 aliphatic rings. The fourth-order valence-corrected chi connectivity index (χ4v) is 3.00. The highest BCUT2D eigenvalue weighted by molar-refractivity contribution is 8.00. The quantitative estimate of drug-likeness (QED) is 0.616. The van der Waals surface area contributed by atoms with Gasteiger partial charge in [0.1, 0.15) is 11.5 Å². The fraction of sp³-hybridized carbons (Fsp3) is 0.467. The van der Waals surface area contributed by atoms with Gasteiger partial charge in [-0.25, -0.2) is 4.98 Å². The average Bonchev–Trinajstić information content (AvgIpc) is 3.22. The van der Waals surface area contributed by atoms with E-state index in [0.717, 1.165) is 24.3 Å². The number of aromatic amines is 1. The first-order chi connectivity index (χ1) is 11.0. The largest absolute Gasteiger partial charge is 0.361 e. The molecule has 0 aliphatic heterocycles. The van der Waals surface area contributed by atoms with Gasteiger partial charge >= 0.3 is 0 Å². The van der Waals surface area contributed by atoms with Crippen molar-refractivity contribution in [3.05, 3.63) is 39.6 Å². The molecule has 1 atom stereocenters. The number of H-pyrrole nitrogens is 1. The molecule has 2 heterocycles. The number of hydrogen-bond donors (Lipinski definition) is 2. The molecule has 1 saturated carbocycles. The molecule has 8 heteroatoms. The highest BCUT2D eigenvalue weighted by atomic mass is 32.2. The van der Waals surface area contributed by atoms with Gasteiger partial charge < -0.3 is 14.8 Å². The Hall–Kier alpha value is -2.09. The number of aryl methyl sites for hydroxylation is 1. The van der Waals surface area contributed by atoms with Crippen LogP contribution in [0.2, 0.25) is 0 Å². The van der Waals surface area contributed by atoms with Gasteiger partial charge in [-0.05, 0) is 26.7 Å². The van der Waals surface area contributed by atoms with Crippen LogP contribution in [0, 0.1) is 6.92 Å². The highest BCUT2D eigenvalue weighted by Crippen LogP contribution is 2.40. The van der Waals surface area contributed by atoms with Gasteiger partial charge in [0.25, 0.3) is 5.56 Å². The van der Waals surface area contributed by atoms with Crippen molar-refractivity contribution in [2.75, 3.05) is 0 Å². The summed E-state index contributed by atoms with van der Waals surface area (Å²) >= 11 is 1.21. The third kappa shape index (κ3) is 4.22. The summed E-state index contributed by atoms with van der Waals surface area (Å²) in [6.07, 6.45) is 2.30. The first kappa shape index (κ1) is 15.8. The maximum atomic E-state index is 12.1. The number of thioether (sulfide) groups is 1. The maximum absolute atomic E-state index is 12.1. The monoisotopic (exact) mass is 334 g/mol. The van der Waals surface area contributed by atoms with Crippen LogP contribution >= 0.6 is 11.8 Å². The summed E-state index contributed by atoms with van der Waals surface area (Å²) in [5, 5.41) is 6.84. The van der Waals surface area contributed by atoms with E-state index in [1.54, 1.807) is 13.8 Å². The predicted octanol–water partition coefficient (Wildman–Crippen LogP) is 1.74. The Morgan fingerprint density at radius 1 is 1.52 bits per heavy atom. The molecule has 2 aromatic rings. The zero-order valence-electron chi connectivity index (χ0n) is 13.0. The van der Waals surface area contributed by atoms with Gasteiger partial charge in [0.15, 0.2) is 5.16 Å². The van der Waals surface area contributed by atoms with E-state index in [-0.39, 0.29) is 16.7 Å². The van der Waals surface area contributed by atoms with Crippen LogP contribution < -0.4 is 10.9 Å². The summed E-state index contributed by atoms with van der Waals surface area (Å²) in [4.78, 5) is 30.4. The third-order valence-corrected chi connectivity index (χ3v) is 4.49. The van der Waals surface area contributed by atoms with Gasteiger partial charge in [0, 0.05) is 23.7 Å². The number of carbonyl (C=O) groups excluding carboxylic acids is 1. The Morgan fingerprint density at radius 2 is 2.30 bits per heavy atom. The molecule has 0 bridgehead atoms. The van der Waals surface area contributed by atoms with Crippen LogP contribution in [0.3, 0.4) is 0 Å². The minimum absolute atomic E-state index is 0.143. The van der Waals surface area contributed by atoms with E-state index in [1.165, 1.54) is 17.8 Å². The number of carbonyl (C=O) groups is 1. The van der Waals surface area contributed by atoms with Crippen LogP contribution in [0.5, 0.6) is 0 Å². The number of aromatic nitrogens is 3. The Morgan fingerprint density at radius 3 is 3.00 bits per heavy atom. The number of hydrogen-bond acceptors (Lipinski definition) is 6. The van der Waals surface area contributed by atoms with Gasteiger partial charge in [0.05, 0.1) is 11.8 Å². The third-order valence-electron chi connectivity index (χ3n) is 3.51. The van der Waals surface area contributed by atoms with Gasteiger partial charge in [-0.3, -0.25) is 9.59 Å². The van der Waals surface area contributed by atoms with Gasteiger partial charge in [-0.15, -0.1) is 0 Å². The maximum Gasteiger partial charge on any atom is 0.251 e. The zero-order chi connectivity index (χ0) is 16.4. The van der Waals surface area contributed by atoms with E-state index in [1.807, 2.05) is 6.07 Å². The van der Waals surface area contributed by atoms with E-state index < -0.39 is 0 Å². The second-order valence-corrected chi connectivity index (χ2v) is 6.99. The van der Waals surface area contributed by atoms with Crippen LogP contribution in [-0.2, 0) is 11.3 Å². The van der Waals surface area contributed by atoms with Crippen molar-refractivity contribution in [2.24, 2.45) is 0 Å². The molecule has 2 N–H and O–H groups in total. The van der Waals surface area contributed by atoms with Crippen molar-refractivity contribution in [3.63, 3.8) is 0 Å². The van der Waals surface area contributed by atoms with Crippen LogP contribution in [0.25, 0.3) is 0 Å². The number of amides is 1. The van der Waals surface area contributed by atoms with Crippen LogP contribution in [-0.4, -0.2) is 26.3 Å². The molecule has 23 heavy (non-hydrogen) atoms. The van der Waals surface area contributed by atoms with Gasteiger partial charge in [-0.1, -0.05) is 16.9 Å². The molecule has 1 aliphatic carbocycles. The molecule has 0 spiro atoms. The van der Waals surface area contributed by atoms with Crippen molar-refractivity contribution in [2.45, 2.75) is 49.6 Å². The molecule has 7 nitrogen and oxygen atoms in total. The first-order valence-electron chi connectivity index (χ1n) is 7.49. The lowest BCUT2D eigenvalue weighted by molar-refractivity contribution is -0.120. The lowest BCUT2D eigenvalue weighted by Crippen LogP contribution is -2.30. The van der Waals surface area contributed by atoms with Crippen LogP contribution in [0.4, 0.5) is 0 Å². The summed E-state index contributed by atoms with van der Waals surface area (Å²) in [6.45, 7) is 3.84. The summed E-state index contributed by atoms with van der Waals surface area (Å²) in [5.74, 6) is 1.26. The Balaban J connectivity index is 1.53. The molecule has 2 aromatic heterocycles. The van der Waals surface area contributed by atoms with Crippen LogP contribution in [0.15, 0.2) is 26.6 Å². The molecule has 1 unspecified atom stereocenters. The van der Waals surface area contributed by atoms with Crippen molar-refractivity contribution in [1.82, 2.24) is 20.4 Å². The van der Waals surface area contributed by atoms with E-state index in [4.69, 9.17) is 4.52 Å². The average molecular weight is 334 g/mol. The van der Waals surface area contributed by atoms with Crippen molar-refractivity contribution in [3.8, 4) is 0 Å². The molecule has 1 amide bonds. The molecule has 122 valence electrons. The number of rotatable bonds is 6. The molecule has 3 rings (SSSR count). The Kier molecular flexibility index (Phi) is 4.51. The summed E-state index contributed by atoms with van der Waals surface area (Å²) in [7, 11) is 0. The van der Waals surface area contributed by atoms with Crippen molar-refractivity contribution >= 4 is 17.7 Å². The lowest BCUT2D eigenvalue weighted by Gasteiger charge is -2.10. The highest BCUT2D eigenvalue weighted by Gasteiger charge is 2.28. The predicted molar refractivity (Wildman–Crippen MR) is 85.2 cm³/mol. The minimum atomic E-state index is -0.380. The van der Waals surface area contributed by atoms with E-state index in [0.29, 0.717) is 23.3 Å². The number of nitrogens with zero attached hydrogens (tertiary/aromatic N) is 2. The second kappa shape index (κ2) is 6.57. The summed E-state index contributed by atoms with van der Waals surface area (Å²) in [5.41, 5.74) is 1.13. The number of nitrogens with one attached hydrogen (secondary N) is 2. The summed E-state index contributed by atoms with van der Waals surface area (Å²) in [6, 6.07) is 3.31. The van der Waals surface area contributed by atoms with Crippen LogP contribution in [0.1, 0.15) is 42.8 Å². The standard InChI is InChI=1S/C15H18N4O3S/c1-8-5-13(20)18-15(17-8)23-9(2)14(21)16-7-11-6-12(22-19-11)10-3-4-10/h5-6,9-10H,3-4,7H2,1-2H3,(H,16,21)(H,17,18,20). The zero-order valence-corrected chi connectivity index (χ0v) is 13.8. The first-order valence-corrected chi connectivity index (χ1v) is 8.37. The molecule has 0 radical (unpaired) electrons. The van der Waals surface area contributed by atoms with Crippen molar-refractivity contribution in [1.29, 1.82) is 0 Å². The van der Waals surface area contributed by atoms with E-state index in [2.05, 4.69) is 20.4 Å². The topological polar surface area (TPSA) is 101 Å². The molecule has 0 saturated heterocycles. The van der Waals surface area contributed by atoms with Crippen molar-refractivity contribution < 1.29 is 9.32 Å². The Bertz CT molecular complexity index is 766. The second-order valence-electron chi connectivity index (χ2n) is 5.66. The van der Waals surface area contributed by atoms with E-state index in [9.17, 15) is 9.59 Å². The Labute approximate surface area is 137 Å². The molecule has 1 fully saturated rings. The lowest BCUT2D eigenvalue weighted by atomic mass is 10.3. The van der Waals surface area contributed by atoms with E-state index >= 15 is 0 Å². The normalized spacial score (nSPS) is 15.4.